The third-order valence-corrected chi connectivity index (χ3v) is 4.10. The largest absolute Gasteiger partial charge is 0.468 e. The molecule has 0 saturated heterocycles. The molecule has 1 aliphatic rings. The van der Waals surface area contributed by atoms with Crippen LogP contribution in [0.2, 0.25) is 0 Å². The number of carbonyl (C=O) groups excluding carboxylic acids is 1. The average molecular weight is 313 g/mol. The highest BCUT2D eigenvalue weighted by molar-refractivity contribution is 7.85. The summed E-state index contributed by atoms with van der Waals surface area (Å²) in [6.45, 7) is 5.39. The lowest BCUT2D eigenvalue weighted by Gasteiger charge is -2.05. The van der Waals surface area contributed by atoms with Crippen LogP contribution in [0.25, 0.3) is 0 Å². The van der Waals surface area contributed by atoms with E-state index in [1.807, 2.05) is 6.92 Å². The van der Waals surface area contributed by atoms with Gasteiger partial charge in [0.25, 0.3) is 10.1 Å². The fourth-order valence-electron chi connectivity index (χ4n) is 1.73. The van der Waals surface area contributed by atoms with E-state index in [1.54, 1.807) is 18.2 Å². The van der Waals surface area contributed by atoms with Gasteiger partial charge in [-0.2, -0.15) is 8.42 Å². The Morgan fingerprint density at radius 1 is 1.48 bits per heavy atom. The molecule has 2 atom stereocenters. The van der Waals surface area contributed by atoms with E-state index in [0.717, 1.165) is 5.56 Å². The van der Waals surface area contributed by atoms with Gasteiger partial charge in [0.2, 0.25) is 0 Å². The van der Waals surface area contributed by atoms with E-state index >= 15 is 0 Å². The second-order valence-corrected chi connectivity index (χ2v) is 6.29. The van der Waals surface area contributed by atoms with E-state index in [1.165, 1.54) is 19.2 Å². The molecule has 7 heteroatoms. The topological polar surface area (TPSA) is 107 Å². The molecule has 0 heterocycles. The highest BCUT2D eigenvalue weighted by Gasteiger charge is 2.56. The number of hydrogen-bond acceptors (Lipinski definition) is 5. The first-order valence-electron chi connectivity index (χ1n) is 6.19. The van der Waals surface area contributed by atoms with Gasteiger partial charge in [0.05, 0.1) is 12.0 Å². The Morgan fingerprint density at radius 2 is 2.00 bits per heavy atom. The molecular formula is C14H19NO5S. The quantitative estimate of drug-likeness (QED) is 0.495. The van der Waals surface area contributed by atoms with E-state index in [-0.39, 0.29) is 16.8 Å². The molecule has 0 aromatic heterocycles. The van der Waals surface area contributed by atoms with Crippen LogP contribution < -0.4 is 5.73 Å². The molecule has 1 aromatic rings. The number of benzene rings is 1. The summed E-state index contributed by atoms with van der Waals surface area (Å²) in [6, 6.07) is 5.99. The summed E-state index contributed by atoms with van der Waals surface area (Å²) in [5.41, 5.74) is 5.81. The Labute approximate surface area is 124 Å². The summed E-state index contributed by atoms with van der Waals surface area (Å²) in [4.78, 5) is 10.8. The van der Waals surface area contributed by atoms with Crippen molar-refractivity contribution in [2.75, 3.05) is 7.11 Å². The van der Waals surface area contributed by atoms with Gasteiger partial charge in [0.1, 0.15) is 5.54 Å². The number of methoxy groups -OCH3 is 1. The van der Waals surface area contributed by atoms with Crippen LogP contribution in [-0.2, 0) is 19.6 Å². The zero-order valence-corrected chi connectivity index (χ0v) is 12.8. The summed E-state index contributed by atoms with van der Waals surface area (Å²) in [5, 5.41) is 0. The van der Waals surface area contributed by atoms with E-state index in [9.17, 15) is 13.2 Å². The van der Waals surface area contributed by atoms with Gasteiger partial charge >= 0.3 is 5.97 Å². The average Bonchev–Trinajstić information content (AvgIpc) is 3.10. The van der Waals surface area contributed by atoms with Crippen molar-refractivity contribution in [3.8, 4) is 0 Å². The Kier molecular flexibility index (Phi) is 5.27. The summed E-state index contributed by atoms with van der Waals surface area (Å²) < 4.78 is 34.0. The maximum Gasteiger partial charge on any atom is 0.326 e. The van der Waals surface area contributed by atoms with Gasteiger partial charge in [-0.25, -0.2) is 0 Å². The highest BCUT2D eigenvalue weighted by Crippen LogP contribution is 2.42. The van der Waals surface area contributed by atoms with Crippen LogP contribution in [0, 0.1) is 12.8 Å². The van der Waals surface area contributed by atoms with Crippen molar-refractivity contribution in [3.63, 3.8) is 0 Å². The van der Waals surface area contributed by atoms with Gasteiger partial charge in [-0.15, -0.1) is 6.58 Å². The van der Waals surface area contributed by atoms with Gasteiger partial charge in [0.15, 0.2) is 0 Å². The molecule has 0 bridgehead atoms. The van der Waals surface area contributed by atoms with Gasteiger partial charge in [0, 0.05) is 5.92 Å². The normalized spacial score (nSPS) is 23.5. The summed E-state index contributed by atoms with van der Waals surface area (Å²) in [7, 11) is -2.68. The van der Waals surface area contributed by atoms with Crippen molar-refractivity contribution in [1.29, 1.82) is 0 Å². The number of nitrogens with two attached hydrogens (primary N) is 1. The van der Waals surface area contributed by atoms with E-state index in [4.69, 9.17) is 10.3 Å². The Balaban J connectivity index is 0.000000211. The third kappa shape index (κ3) is 4.38. The predicted octanol–water partition coefficient (Wildman–Crippen LogP) is 1.30. The van der Waals surface area contributed by atoms with Crippen LogP contribution in [0.5, 0.6) is 0 Å². The number of carbonyl (C=O) groups is 1. The van der Waals surface area contributed by atoms with Crippen LogP contribution in [0.1, 0.15) is 12.0 Å². The molecule has 0 spiro atoms. The molecule has 0 amide bonds. The molecule has 1 aliphatic carbocycles. The maximum atomic E-state index is 10.9. The van der Waals surface area contributed by atoms with Crippen molar-refractivity contribution < 1.29 is 22.5 Å². The first-order chi connectivity index (χ1) is 9.65. The second kappa shape index (κ2) is 6.38. The van der Waals surface area contributed by atoms with Gasteiger partial charge in [-0.05, 0) is 25.5 Å². The van der Waals surface area contributed by atoms with Crippen molar-refractivity contribution in [1.82, 2.24) is 0 Å². The van der Waals surface area contributed by atoms with Crippen LogP contribution in [-0.4, -0.2) is 31.6 Å². The zero-order valence-electron chi connectivity index (χ0n) is 11.9. The lowest BCUT2D eigenvalue weighted by atomic mass is 10.2. The summed E-state index contributed by atoms with van der Waals surface area (Å²) in [6.07, 6.45) is 2.36. The number of hydrogen-bond donors (Lipinski definition) is 2. The van der Waals surface area contributed by atoms with Crippen molar-refractivity contribution in [3.05, 3.63) is 42.5 Å². The van der Waals surface area contributed by atoms with Gasteiger partial charge in [-0.1, -0.05) is 23.8 Å². The van der Waals surface area contributed by atoms with E-state index < -0.39 is 15.7 Å². The lowest BCUT2D eigenvalue weighted by molar-refractivity contribution is -0.143. The van der Waals surface area contributed by atoms with Crippen LogP contribution in [0.4, 0.5) is 0 Å². The smallest absolute Gasteiger partial charge is 0.326 e. The number of esters is 1. The molecule has 0 radical (unpaired) electrons. The van der Waals surface area contributed by atoms with Gasteiger partial charge < -0.3 is 10.5 Å². The molecular weight excluding hydrogens is 294 g/mol. The van der Waals surface area contributed by atoms with Crippen molar-refractivity contribution in [2.24, 2.45) is 11.7 Å². The molecule has 1 saturated carbocycles. The first-order valence-corrected chi connectivity index (χ1v) is 7.63. The molecule has 116 valence electrons. The van der Waals surface area contributed by atoms with Crippen molar-refractivity contribution in [2.45, 2.75) is 23.8 Å². The Morgan fingerprint density at radius 3 is 2.33 bits per heavy atom. The van der Waals surface area contributed by atoms with Crippen LogP contribution in [0.15, 0.2) is 41.8 Å². The fraction of sp³-hybridized carbons (Fsp3) is 0.357. The van der Waals surface area contributed by atoms with E-state index in [2.05, 4.69) is 11.3 Å². The minimum Gasteiger partial charge on any atom is -0.468 e. The monoisotopic (exact) mass is 313 g/mol. The predicted molar refractivity (Wildman–Crippen MR) is 78.2 cm³/mol. The number of aryl methyl sites for hydroxylation is 1. The summed E-state index contributed by atoms with van der Waals surface area (Å²) >= 11 is 0. The number of ether oxygens (including phenoxy) is 1. The lowest BCUT2D eigenvalue weighted by Crippen LogP contribution is -2.36. The van der Waals surface area contributed by atoms with Crippen LogP contribution in [0.3, 0.4) is 0 Å². The standard InChI is InChI=1S/C7H11NO2.C7H8O3S/c1-3-5-4-7(5,8)6(9)10-2;1-6-2-4-7(5-3-6)11(8,9)10/h3,5H,1,4,8H2,2H3;2-5H,1H3,(H,8,9,10)/t5-,7+;/m1./s1. The molecule has 0 unspecified atom stereocenters. The zero-order chi connectivity index (χ0) is 16.3. The fourth-order valence-corrected chi connectivity index (χ4v) is 2.21. The van der Waals surface area contributed by atoms with Crippen molar-refractivity contribution >= 4 is 16.1 Å². The summed E-state index contributed by atoms with van der Waals surface area (Å²) in [5.74, 6) is -0.225. The Bertz CT molecular complexity index is 623. The number of rotatable bonds is 3. The van der Waals surface area contributed by atoms with Crippen LogP contribution >= 0.6 is 0 Å². The molecule has 21 heavy (non-hydrogen) atoms. The molecule has 3 N–H and O–H groups in total. The third-order valence-electron chi connectivity index (χ3n) is 3.23. The first kappa shape index (κ1) is 17.4. The molecule has 0 aliphatic heterocycles. The molecule has 2 rings (SSSR count). The Hall–Kier alpha value is -1.70. The minimum absolute atomic E-state index is 0.0666. The van der Waals surface area contributed by atoms with Gasteiger partial charge in [-0.3, -0.25) is 9.35 Å². The minimum atomic E-state index is -4.02. The maximum absolute atomic E-state index is 10.9. The SMILES string of the molecule is C=C[C@@H]1C[C@@]1(N)C(=O)OC.Cc1ccc(S(=O)(=O)O)cc1. The molecule has 6 nitrogen and oxygen atoms in total. The molecule has 1 aromatic carbocycles. The molecule has 1 fully saturated rings. The van der Waals surface area contributed by atoms with E-state index in [0.29, 0.717) is 6.42 Å². The highest BCUT2D eigenvalue weighted by atomic mass is 32.2. The second-order valence-electron chi connectivity index (χ2n) is 4.87.